The fourth-order valence-corrected chi connectivity index (χ4v) is 2.92. The molecule has 3 N–H and O–H groups in total. The van der Waals surface area contributed by atoms with E-state index in [2.05, 4.69) is 10.3 Å². The predicted octanol–water partition coefficient (Wildman–Crippen LogP) is 2.98. The van der Waals surface area contributed by atoms with Gasteiger partial charge < -0.3 is 0 Å². The lowest BCUT2D eigenvalue weighted by molar-refractivity contribution is 0.0669. The average molecular weight is 285 g/mol. The van der Waals surface area contributed by atoms with E-state index < -0.39 is 23.2 Å². The maximum atomic E-state index is 14.1. The van der Waals surface area contributed by atoms with E-state index in [1.165, 1.54) is 18.2 Å². The van der Waals surface area contributed by atoms with Crippen LogP contribution in [0.2, 0.25) is 0 Å². The van der Waals surface area contributed by atoms with E-state index in [1.807, 2.05) is 27.7 Å². The van der Waals surface area contributed by atoms with Crippen LogP contribution in [0.4, 0.5) is 8.78 Å². The van der Waals surface area contributed by atoms with Crippen molar-refractivity contribution in [2.24, 2.45) is 5.84 Å². The fraction of sp³-hybridized carbons (Fsp3) is 0.600. The van der Waals surface area contributed by atoms with Gasteiger partial charge in [0.05, 0.1) is 6.04 Å². The molecule has 0 spiro atoms. The quantitative estimate of drug-likeness (QED) is 0.598. The zero-order valence-corrected chi connectivity index (χ0v) is 12.7. The van der Waals surface area contributed by atoms with Crippen molar-refractivity contribution in [3.05, 3.63) is 35.4 Å². The molecule has 1 aromatic rings. The first-order chi connectivity index (χ1) is 9.46. The lowest BCUT2D eigenvalue weighted by Gasteiger charge is -2.45. The van der Waals surface area contributed by atoms with Crippen molar-refractivity contribution in [3.63, 3.8) is 0 Å². The number of rotatable bonds is 7. The third-order valence-corrected chi connectivity index (χ3v) is 4.28. The van der Waals surface area contributed by atoms with Crippen molar-refractivity contribution < 1.29 is 8.78 Å². The molecule has 5 heteroatoms. The monoisotopic (exact) mass is 285 g/mol. The molecular weight excluding hydrogens is 260 g/mol. The standard InChI is InChI=1S/C15H25F2N3/c1-5-15(4,20(6-2)7-3)14(19-18)13-11(16)9-8-10-12(13)17/h8-10,14,19H,5-7,18H2,1-4H3. The van der Waals surface area contributed by atoms with Crippen molar-refractivity contribution in [2.45, 2.75) is 45.7 Å². The minimum absolute atomic E-state index is 0.00579. The van der Waals surface area contributed by atoms with Crippen LogP contribution < -0.4 is 11.3 Å². The molecule has 0 aliphatic rings. The molecule has 0 saturated heterocycles. The molecule has 1 aromatic carbocycles. The van der Waals surface area contributed by atoms with Gasteiger partial charge in [0.2, 0.25) is 0 Å². The second-order valence-electron chi connectivity index (χ2n) is 5.12. The summed E-state index contributed by atoms with van der Waals surface area (Å²) in [5, 5.41) is 0. The molecule has 2 atom stereocenters. The van der Waals surface area contributed by atoms with Gasteiger partial charge in [-0.2, -0.15) is 0 Å². The van der Waals surface area contributed by atoms with Gasteiger partial charge in [0.15, 0.2) is 0 Å². The first-order valence-electron chi connectivity index (χ1n) is 7.11. The van der Waals surface area contributed by atoms with Gasteiger partial charge in [0.25, 0.3) is 0 Å². The Balaban J connectivity index is 3.35. The lowest BCUT2D eigenvalue weighted by Crippen LogP contribution is -2.56. The van der Waals surface area contributed by atoms with Crippen LogP contribution in [-0.2, 0) is 0 Å². The highest BCUT2D eigenvalue weighted by atomic mass is 19.1. The largest absolute Gasteiger partial charge is 0.297 e. The van der Waals surface area contributed by atoms with E-state index in [1.54, 1.807) is 0 Å². The van der Waals surface area contributed by atoms with Gasteiger partial charge in [-0.3, -0.25) is 16.2 Å². The zero-order valence-electron chi connectivity index (χ0n) is 12.7. The van der Waals surface area contributed by atoms with Crippen LogP contribution in [-0.4, -0.2) is 23.5 Å². The van der Waals surface area contributed by atoms with Gasteiger partial charge >= 0.3 is 0 Å². The molecular formula is C15H25F2N3. The maximum Gasteiger partial charge on any atom is 0.131 e. The smallest absolute Gasteiger partial charge is 0.131 e. The van der Waals surface area contributed by atoms with Crippen molar-refractivity contribution in [2.75, 3.05) is 13.1 Å². The van der Waals surface area contributed by atoms with Crippen LogP contribution in [0.3, 0.4) is 0 Å². The van der Waals surface area contributed by atoms with Gasteiger partial charge in [-0.25, -0.2) is 8.78 Å². The summed E-state index contributed by atoms with van der Waals surface area (Å²) in [6.07, 6.45) is 0.720. The summed E-state index contributed by atoms with van der Waals surface area (Å²) in [6, 6.07) is 3.28. The van der Waals surface area contributed by atoms with E-state index in [-0.39, 0.29) is 5.56 Å². The Bertz CT molecular complexity index is 415. The number of hydrogen-bond acceptors (Lipinski definition) is 3. The number of likely N-dealkylation sites (N-methyl/N-ethyl adjacent to an activating group) is 1. The molecule has 0 aromatic heterocycles. The van der Waals surface area contributed by atoms with E-state index in [4.69, 9.17) is 5.84 Å². The summed E-state index contributed by atoms with van der Waals surface area (Å²) in [7, 11) is 0. The Morgan fingerprint density at radius 2 is 1.70 bits per heavy atom. The first kappa shape index (κ1) is 17.0. The van der Waals surface area contributed by atoms with Gasteiger partial charge in [-0.1, -0.05) is 26.8 Å². The van der Waals surface area contributed by atoms with Crippen molar-refractivity contribution in [1.82, 2.24) is 10.3 Å². The summed E-state index contributed by atoms with van der Waals surface area (Å²) in [6.45, 7) is 9.62. The van der Waals surface area contributed by atoms with Crippen molar-refractivity contribution in [3.8, 4) is 0 Å². The molecule has 0 saturated carbocycles. The normalized spacial score (nSPS) is 16.2. The highest BCUT2D eigenvalue weighted by Gasteiger charge is 2.40. The van der Waals surface area contributed by atoms with E-state index in [0.29, 0.717) is 0 Å². The van der Waals surface area contributed by atoms with Gasteiger partial charge in [0, 0.05) is 11.1 Å². The number of nitrogens with two attached hydrogens (primary N) is 1. The van der Waals surface area contributed by atoms with Gasteiger partial charge in [-0.05, 0) is 38.6 Å². The molecule has 20 heavy (non-hydrogen) atoms. The van der Waals surface area contributed by atoms with Crippen LogP contribution >= 0.6 is 0 Å². The molecule has 0 radical (unpaired) electrons. The van der Waals surface area contributed by atoms with Gasteiger partial charge in [-0.15, -0.1) is 0 Å². The second kappa shape index (κ2) is 7.11. The molecule has 3 nitrogen and oxygen atoms in total. The van der Waals surface area contributed by atoms with E-state index in [0.717, 1.165) is 19.5 Å². The van der Waals surface area contributed by atoms with Crippen molar-refractivity contribution >= 4 is 0 Å². The fourth-order valence-electron chi connectivity index (χ4n) is 2.92. The summed E-state index contributed by atoms with van der Waals surface area (Å²) in [5.41, 5.74) is 2.15. The SMILES string of the molecule is CCN(CC)C(C)(CC)C(NN)c1c(F)cccc1F. The molecule has 1 rings (SSSR count). The Morgan fingerprint density at radius 1 is 1.20 bits per heavy atom. The minimum atomic E-state index is -0.617. The predicted molar refractivity (Wildman–Crippen MR) is 78.0 cm³/mol. The zero-order chi connectivity index (χ0) is 15.3. The highest BCUT2D eigenvalue weighted by Crippen LogP contribution is 2.36. The maximum absolute atomic E-state index is 14.1. The van der Waals surface area contributed by atoms with E-state index in [9.17, 15) is 8.78 Å². The third kappa shape index (κ3) is 3.00. The summed E-state index contributed by atoms with van der Waals surface area (Å²) in [5.74, 6) is 4.50. The molecule has 0 heterocycles. The van der Waals surface area contributed by atoms with Crippen LogP contribution in [0.5, 0.6) is 0 Å². The summed E-state index contributed by atoms with van der Waals surface area (Å²) in [4.78, 5) is 2.17. The van der Waals surface area contributed by atoms with Crippen molar-refractivity contribution in [1.29, 1.82) is 0 Å². The summed E-state index contributed by atoms with van der Waals surface area (Å²) >= 11 is 0. The number of nitrogens with zero attached hydrogens (tertiary/aromatic N) is 1. The summed E-state index contributed by atoms with van der Waals surface area (Å²) < 4.78 is 28.1. The molecule has 0 amide bonds. The first-order valence-corrected chi connectivity index (χ1v) is 7.11. The Labute approximate surface area is 120 Å². The molecule has 0 aliphatic carbocycles. The molecule has 0 fully saturated rings. The molecule has 114 valence electrons. The second-order valence-corrected chi connectivity index (χ2v) is 5.12. The van der Waals surface area contributed by atoms with Crippen LogP contribution in [0.25, 0.3) is 0 Å². The Morgan fingerprint density at radius 3 is 2.05 bits per heavy atom. The lowest BCUT2D eigenvalue weighted by atomic mass is 9.82. The topological polar surface area (TPSA) is 41.3 Å². The Kier molecular flexibility index (Phi) is 6.05. The molecule has 0 aliphatic heterocycles. The van der Waals surface area contributed by atoms with Crippen LogP contribution in [0, 0.1) is 11.6 Å². The van der Waals surface area contributed by atoms with Crippen LogP contribution in [0.1, 0.15) is 45.7 Å². The number of halogens is 2. The molecule has 0 bridgehead atoms. The molecule has 2 unspecified atom stereocenters. The third-order valence-electron chi connectivity index (χ3n) is 4.28. The number of benzene rings is 1. The minimum Gasteiger partial charge on any atom is -0.297 e. The van der Waals surface area contributed by atoms with E-state index >= 15 is 0 Å². The highest BCUT2D eigenvalue weighted by molar-refractivity contribution is 5.26. The van der Waals surface area contributed by atoms with Gasteiger partial charge in [0.1, 0.15) is 11.6 Å². The Hall–Kier alpha value is -1.04. The number of nitrogens with one attached hydrogen (secondary N) is 1. The number of hydrazine groups is 1. The van der Waals surface area contributed by atoms with Crippen LogP contribution in [0.15, 0.2) is 18.2 Å². The number of hydrogen-bond donors (Lipinski definition) is 2. The average Bonchev–Trinajstić information content (AvgIpc) is 2.44.